The molecule has 1 heterocycles. The molecule has 1 aromatic heterocycles. The molecule has 2 N–H and O–H groups in total. The van der Waals surface area contributed by atoms with Crippen molar-refractivity contribution in [1.82, 2.24) is 4.90 Å². The Labute approximate surface area is 122 Å². The molecule has 0 aliphatic heterocycles. The molecule has 2 unspecified atom stereocenters. The summed E-state index contributed by atoms with van der Waals surface area (Å²) in [5.74, 6) is 0. The first-order valence-corrected chi connectivity index (χ1v) is 8.56. The number of nitrogens with two attached hydrogens (primary N) is 1. The molecule has 3 heteroatoms. The Balaban J connectivity index is 2.19. The first-order chi connectivity index (χ1) is 9.17. The Kier molecular flexibility index (Phi) is 5.43. The first-order valence-electron chi connectivity index (χ1n) is 7.75. The number of hydrogen-bond donors (Lipinski definition) is 1. The number of thiophene rings is 1. The maximum Gasteiger partial charge on any atom is 0.0595 e. The maximum atomic E-state index is 6.46. The molecule has 2 rings (SSSR count). The smallest absolute Gasteiger partial charge is 0.0595 e. The summed E-state index contributed by atoms with van der Waals surface area (Å²) in [7, 11) is 0. The zero-order valence-corrected chi connectivity index (χ0v) is 13.4. The monoisotopic (exact) mass is 280 g/mol. The Morgan fingerprint density at radius 3 is 2.58 bits per heavy atom. The van der Waals surface area contributed by atoms with Crippen LogP contribution in [0.2, 0.25) is 0 Å². The van der Waals surface area contributed by atoms with E-state index in [2.05, 4.69) is 37.8 Å². The minimum Gasteiger partial charge on any atom is -0.326 e. The van der Waals surface area contributed by atoms with E-state index < -0.39 is 0 Å². The highest BCUT2D eigenvalue weighted by atomic mass is 32.1. The number of aryl methyl sites for hydroxylation is 1. The van der Waals surface area contributed by atoms with Gasteiger partial charge < -0.3 is 5.73 Å². The highest BCUT2D eigenvalue weighted by Gasteiger charge is 2.36. The molecule has 1 aromatic rings. The second-order valence-corrected chi connectivity index (χ2v) is 7.11. The Morgan fingerprint density at radius 2 is 2.11 bits per heavy atom. The molecule has 1 aliphatic rings. The van der Waals surface area contributed by atoms with Gasteiger partial charge in [0.2, 0.25) is 0 Å². The van der Waals surface area contributed by atoms with Crippen molar-refractivity contribution in [2.45, 2.75) is 71.0 Å². The van der Waals surface area contributed by atoms with Crippen LogP contribution in [0.4, 0.5) is 0 Å². The van der Waals surface area contributed by atoms with Crippen LogP contribution in [0.15, 0.2) is 12.1 Å². The van der Waals surface area contributed by atoms with Gasteiger partial charge in [-0.1, -0.05) is 20.3 Å². The number of unbranched alkanes of at least 4 members (excludes halogenated alkanes) is 1. The van der Waals surface area contributed by atoms with E-state index in [0.29, 0.717) is 6.04 Å². The lowest BCUT2D eigenvalue weighted by atomic mass is 10.0. The van der Waals surface area contributed by atoms with Crippen molar-refractivity contribution in [2.24, 2.45) is 5.73 Å². The van der Waals surface area contributed by atoms with Crippen LogP contribution in [0.1, 0.15) is 61.7 Å². The van der Waals surface area contributed by atoms with Gasteiger partial charge in [-0.05, 0) is 51.3 Å². The molecule has 2 nitrogen and oxygen atoms in total. The quantitative estimate of drug-likeness (QED) is 0.777. The summed E-state index contributed by atoms with van der Waals surface area (Å²) < 4.78 is 0. The molecule has 108 valence electrons. The predicted molar refractivity (Wildman–Crippen MR) is 84.7 cm³/mol. The van der Waals surface area contributed by atoms with Gasteiger partial charge in [0.15, 0.2) is 0 Å². The van der Waals surface area contributed by atoms with Crippen molar-refractivity contribution < 1.29 is 0 Å². The van der Waals surface area contributed by atoms with E-state index in [0.717, 1.165) is 12.5 Å². The van der Waals surface area contributed by atoms with Gasteiger partial charge >= 0.3 is 0 Å². The molecule has 1 saturated carbocycles. The summed E-state index contributed by atoms with van der Waals surface area (Å²) in [5.41, 5.74) is 6.46. The molecule has 2 atom stereocenters. The van der Waals surface area contributed by atoms with Crippen LogP contribution in [-0.4, -0.2) is 23.5 Å². The Morgan fingerprint density at radius 1 is 1.37 bits per heavy atom. The minimum absolute atomic E-state index is 0.260. The van der Waals surface area contributed by atoms with E-state index in [4.69, 9.17) is 5.73 Å². The van der Waals surface area contributed by atoms with Gasteiger partial charge in [-0.3, -0.25) is 4.90 Å². The van der Waals surface area contributed by atoms with Crippen LogP contribution in [0, 0.1) is 6.92 Å². The number of rotatable bonds is 8. The summed E-state index contributed by atoms with van der Waals surface area (Å²) in [5, 5.41) is 0. The molecular weight excluding hydrogens is 252 g/mol. The summed E-state index contributed by atoms with van der Waals surface area (Å²) in [6, 6.07) is 6.01. The van der Waals surface area contributed by atoms with Crippen LogP contribution >= 0.6 is 11.3 Å². The van der Waals surface area contributed by atoms with E-state index in [1.54, 1.807) is 0 Å². The van der Waals surface area contributed by atoms with E-state index in [1.807, 2.05) is 11.3 Å². The van der Waals surface area contributed by atoms with Crippen LogP contribution in [0.3, 0.4) is 0 Å². The maximum absolute atomic E-state index is 6.46. The average molecular weight is 280 g/mol. The summed E-state index contributed by atoms with van der Waals surface area (Å²) >= 11 is 1.92. The van der Waals surface area contributed by atoms with Gasteiger partial charge in [-0.2, -0.15) is 0 Å². The third-order valence-corrected chi connectivity index (χ3v) is 5.14. The largest absolute Gasteiger partial charge is 0.326 e. The van der Waals surface area contributed by atoms with Crippen molar-refractivity contribution in [2.75, 3.05) is 6.54 Å². The summed E-state index contributed by atoms with van der Waals surface area (Å²) in [6.07, 6.45) is 6.33. The third kappa shape index (κ3) is 3.80. The highest BCUT2D eigenvalue weighted by Crippen LogP contribution is 2.38. The summed E-state index contributed by atoms with van der Waals surface area (Å²) in [6.45, 7) is 7.88. The topological polar surface area (TPSA) is 29.3 Å². The van der Waals surface area contributed by atoms with E-state index in [-0.39, 0.29) is 6.04 Å². The number of hydrogen-bond acceptors (Lipinski definition) is 3. The molecule has 19 heavy (non-hydrogen) atoms. The van der Waals surface area contributed by atoms with Gasteiger partial charge in [-0.15, -0.1) is 11.3 Å². The highest BCUT2D eigenvalue weighted by molar-refractivity contribution is 7.12. The normalized spacial score (nSPS) is 18.8. The van der Waals surface area contributed by atoms with Gasteiger partial charge in [-0.25, -0.2) is 0 Å². The Bertz CT molecular complexity index is 384. The molecule has 0 radical (unpaired) electrons. The first kappa shape index (κ1) is 15.0. The molecular formula is C16H28N2S. The second-order valence-electron chi connectivity index (χ2n) is 5.79. The zero-order valence-electron chi connectivity index (χ0n) is 12.6. The van der Waals surface area contributed by atoms with E-state index >= 15 is 0 Å². The standard InChI is InChI=1S/C16H28N2S/c1-4-6-11-18(13-8-9-13)16(14(17)5-2)15-10-7-12(3)19-15/h7,10,13-14,16H,4-6,8-9,11,17H2,1-3H3. The van der Waals surface area contributed by atoms with Crippen molar-refractivity contribution >= 4 is 11.3 Å². The lowest BCUT2D eigenvalue weighted by molar-refractivity contribution is 0.159. The Hall–Kier alpha value is -0.380. The zero-order chi connectivity index (χ0) is 13.8. The molecule has 0 bridgehead atoms. The van der Waals surface area contributed by atoms with Crippen molar-refractivity contribution in [3.05, 3.63) is 21.9 Å². The molecule has 0 saturated heterocycles. The van der Waals surface area contributed by atoms with Crippen LogP contribution in [-0.2, 0) is 0 Å². The lowest BCUT2D eigenvalue weighted by Crippen LogP contribution is -2.42. The average Bonchev–Trinajstić information content (AvgIpc) is 3.16. The fraction of sp³-hybridized carbons (Fsp3) is 0.750. The van der Waals surface area contributed by atoms with Gasteiger partial charge in [0.05, 0.1) is 6.04 Å². The van der Waals surface area contributed by atoms with Crippen LogP contribution in [0.5, 0.6) is 0 Å². The fourth-order valence-electron chi connectivity index (χ4n) is 2.75. The SMILES string of the molecule is CCCCN(C1CC1)C(c1ccc(C)s1)C(N)CC. The third-order valence-electron chi connectivity index (χ3n) is 4.07. The van der Waals surface area contributed by atoms with Gasteiger partial charge in [0.25, 0.3) is 0 Å². The molecule has 1 aliphatic carbocycles. The van der Waals surface area contributed by atoms with E-state index in [1.165, 1.54) is 42.0 Å². The second kappa shape index (κ2) is 6.87. The van der Waals surface area contributed by atoms with Gasteiger partial charge in [0.1, 0.15) is 0 Å². The lowest BCUT2D eigenvalue weighted by Gasteiger charge is -2.35. The summed E-state index contributed by atoms with van der Waals surface area (Å²) in [4.78, 5) is 5.56. The van der Waals surface area contributed by atoms with E-state index in [9.17, 15) is 0 Å². The molecule has 0 aromatic carbocycles. The number of nitrogens with zero attached hydrogens (tertiary/aromatic N) is 1. The van der Waals surface area contributed by atoms with Gasteiger partial charge in [0, 0.05) is 21.8 Å². The van der Waals surface area contributed by atoms with Crippen molar-refractivity contribution in [1.29, 1.82) is 0 Å². The molecule has 0 spiro atoms. The van der Waals surface area contributed by atoms with Crippen molar-refractivity contribution in [3.63, 3.8) is 0 Å². The predicted octanol–water partition coefficient (Wildman–Crippen LogP) is 4.10. The van der Waals surface area contributed by atoms with Crippen LogP contribution in [0.25, 0.3) is 0 Å². The minimum atomic E-state index is 0.260. The molecule has 0 amide bonds. The van der Waals surface area contributed by atoms with Crippen LogP contribution < -0.4 is 5.73 Å². The fourth-order valence-corrected chi connectivity index (χ4v) is 3.83. The van der Waals surface area contributed by atoms with Crippen molar-refractivity contribution in [3.8, 4) is 0 Å². The molecule has 1 fully saturated rings.